The van der Waals surface area contributed by atoms with Gasteiger partial charge in [0.2, 0.25) is 0 Å². The third-order valence-corrected chi connectivity index (χ3v) is 3.96. The average molecular weight is 308 g/mol. The molecule has 3 nitrogen and oxygen atoms in total. The number of ether oxygens (including phenoxy) is 1. The van der Waals surface area contributed by atoms with E-state index in [-0.39, 0.29) is 10.9 Å². The maximum Gasteiger partial charge on any atom is 0.257 e. The van der Waals surface area contributed by atoms with E-state index in [4.69, 9.17) is 27.9 Å². The first kappa shape index (κ1) is 13.3. The molecule has 1 aliphatic heterocycles. The van der Waals surface area contributed by atoms with Crippen LogP contribution < -0.4 is 10.1 Å². The highest BCUT2D eigenvalue weighted by atomic mass is 35.5. The van der Waals surface area contributed by atoms with Crippen molar-refractivity contribution in [3.8, 4) is 5.75 Å². The molecule has 5 heteroatoms. The maximum atomic E-state index is 12.2. The van der Waals surface area contributed by atoms with E-state index < -0.39 is 0 Å². The summed E-state index contributed by atoms with van der Waals surface area (Å²) in [7, 11) is 0. The van der Waals surface area contributed by atoms with E-state index in [0.29, 0.717) is 17.2 Å². The molecule has 20 heavy (non-hydrogen) atoms. The van der Waals surface area contributed by atoms with Gasteiger partial charge in [-0.05, 0) is 35.9 Å². The molecule has 0 spiro atoms. The summed E-state index contributed by atoms with van der Waals surface area (Å²) in [5, 5.41) is 3.44. The van der Waals surface area contributed by atoms with Gasteiger partial charge in [-0.1, -0.05) is 29.3 Å². The Bertz CT molecular complexity index is 686. The standard InChI is InChI=1S/C15H11Cl2NO2/c16-12-3-1-2-11(14(12)17)15(19)18-10-4-5-13-9(8-10)6-7-20-13/h1-5,8H,6-7H2,(H,18,19). The van der Waals surface area contributed by atoms with Gasteiger partial charge in [-0.2, -0.15) is 0 Å². The second kappa shape index (κ2) is 5.35. The van der Waals surface area contributed by atoms with Gasteiger partial charge in [0.15, 0.2) is 0 Å². The molecule has 102 valence electrons. The summed E-state index contributed by atoms with van der Waals surface area (Å²) in [4.78, 5) is 12.2. The van der Waals surface area contributed by atoms with E-state index in [1.807, 2.05) is 12.1 Å². The SMILES string of the molecule is O=C(Nc1ccc2c(c1)CCO2)c1cccc(Cl)c1Cl. The lowest BCUT2D eigenvalue weighted by Crippen LogP contribution is -2.12. The highest BCUT2D eigenvalue weighted by Gasteiger charge is 2.15. The Labute approximate surface area is 126 Å². The van der Waals surface area contributed by atoms with Crippen LogP contribution in [0.1, 0.15) is 15.9 Å². The van der Waals surface area contributed by atoms with Crippen LogP contribution in [0, 0.1) is 0 Å². The van der Waals surface area contributed by atoms with Crippen LogP contribution in [-0.4, -0.2) is 12.5 Å². The average Bonchev–Trinajstić information content (AvgIpc) is 2.89. The zero-order valence-corrected chi connectivity index (χ0v) is 12.0. The Morgan fingerprint density at radius 2 is 2.05 bits per heavy atom. The number of carbonyl (C=O) groups excluding carboxylic acids is 1. The topological polar surface area (TPSA) is 38.3 Å². The molecular formula is C15H11Cl2NO2. The largest absolute Gasteiger partial charge is 0.493 e. The summed E-state index contributed by atoms with van der Waals surface area (Å²) in [6.45, 7) is 0.687. The van der Waals surface area contributed by atoms with Crippen molar-refractivity contribution in [2.24, 2.45) is 0 Å². The highest BCUT2D eigenvalue weighted by Crippen LogP contribution is 2.29. The molecule has 2 aromatic carbocycles. The summed E-state index contributed by atoms with van der Waals surface area (Å²) in [5.74, 6) is 0.597. The molecule has 1 heterocycles. The number of benzene rings is 2. The zero-order chi connectivity index (χ0) is 14.1. The van der Waals surface area contributed by atoms with Crippen molar-refractivity contribution >= 4 is 34.8 Å². The lowest BCUT2D eigenvalue weighted by molar-refractivity contribution is 0.102. The molecule has 0 aliphatic carbocycles. The molecule has 0 unspecified atom stereocenters. The molecule has 0 saturated heterocycles. The Morgan fingerprint density at radius 1 is 1.20 bits per heavy atom. The van der Waals surface area contributed by atoms with Gasteiger partial charge in [-0.3, -0.25) is 4.79 Å². The van der Waals surface area contributed by atoms with Crippen LogP contribution in [0.3, 0.4) is 0 Å². The number of carbonyl (C=O) groups is 1. The summed E-state index contributed by atoms with van der Waals surface area (Å²) < 4.78 is 5.43. The Balaban J connectivity index is 1.84. The predicted octanol–water partition coefficient (Wildman–Crippen LogP) is 4.18. The van der Waals surface area contributed by atoms with Crippen molar-refractivity contribution in [2.45, 2.75) is 6.42 Å². The quantitative estimate of drug-likeness (QED) is 0.904. The zero-order valence-electron chi connectivity index (χ0n) is 10.5. The van der Waals surface area contributed by atoms with Crippen molar-refractivity contribution in [3.05, 3.63) is 57.6 Å². The number of rotatable bonds is 2. The van der Waals surface area contributed by atoms with Gasteiger partial charge in [0.1, 0.15) is 5.75 Å². The molecule has 2 aromatic rings. The Kier molecular flexibility index (Phi) is 3.55. The van der Waals surface area contributed by atoms with Gasteiger partial charge in [0, 0.05) is 12.1 Å². The fourth-order valence-corrected chi connectivity index (χ4v) is 2.53. The van der Waals surface area contributed by atoms with Crippen molar-refractivity contribution in [1.29, 1.82) is 0 Å². The lowest BCUT2D eigenvalue weighted by atomic mass is 10.1. The molecule has 0 atom stereocenters. The number of nitrogens with one attached hydrogen (secondary N) is 1. The van der Waals surface area contributed by atoms with Crippen molar-refractivity contribution in [1.82, 2.24) is 0 Å². The summed E-state index contributed by atoms with van der Waals surface area (Å²) in [6, 6.07) is 10.6. The van der Waals surface area contributed by atoms with E-state index in [1.165, 1.54) is 0 Å². The van der Waals surface area contributed by atoms with E-state index >= 15 is 0 Å². The second-order valence-electron chi connectivity index (χ2n) is 4.48. The molecule has 0 fully saturated rings. The monoisotopic (exact) mass is 307 g/mol. The summed E-state index contributed by atoms with van der Waals surface area (Å²) >= 11 is 11.9. The minimum atomic E-state index is -0.281. The minimum absolute atomic E-state index is 0.260. The van der Waals surface area contributed by atoms with E-state index in [0.717, 1.165) is 23.4 Å². The first-order chi connectivity index (χ1) is 9.65. The van der Waals surface area contributed by atoms with Crippen LogP contribution >= 0.6 is 23.2 Å². The van der Waals surface area contributed by atoms with E-state index in [1.54, 1.807) is 24.3 Å². The van der Waals surface area contributed by atoms with E-state index in [2.05, 4.69) is 5.32 Å². The van der Waals surface area contributed by atoms with Crippen molar-refractivity contribution in [3.63, 3.8) is 0 Å². The third-order valence-electron chi connectivity index (χ3n) is 3.14. The Morgan fingerprint density at radius 3 is 2.90 bits per heavy atom. The van der Waals surface area contributed by atoms with Gasteiger partial charge in [-0.25, -0.2) is 0 Å². The van der Waals surface area contributed by atoms with Gasteiger partial charge in [-0.15, -0.1) is 0 Å². The van der Waals surface area contributed by atoms with Crippen LogP contribution in [-0.2, 0) is 6.42 Å². The summed E-state index contributed by atoms with van der Waals surface area (Å²) in [6.07, 6.45) is 0.858. The number of hydrogen-bond acceptors (Lipinski definition) is 2. The van der Waals surface area contributed by atoms with Crippen LogP contribution in [0.2, 0.25) is 10.0 Å². The highest BCUT2D eigenvalue weighted by molar-refractivity contribution is 6.44. The lowest BCUT2D eigenvalue weighted by Gasteiger charge is -2.08. The summed E-state index contributed by atoms with van der Waals surface area (Å²) in [5.41, 5.74) is 2.17. The number of hydrogen-bond donors (Lipinski definition) is 1. The molecule has 1 aliphatic rings. The van der Waals surface area contributed by atoms with Crippen LogP contribution in [0.25, 0.3) is 0 Å². The third kappa shape index (κ3) is 2.47. The number of anilines is 1. The number of halogens is 2. The van der Waals surface area contributed by atoms with Gasteiger partial charge >= 0.3 is 0 Å². The predicted molar refractivity (Wildman–Crippen MR) is 80.1 cm³/mol. The van der Waals surface area contributed by atoms with Gasteiger partial charge < -0.3 is 10.1 Å². The maximum absolute atomic E-state index is 12.2. The first-order valence-corrected chi connectivity index (χ1v) is 6.92. The molecule has 1 N–H and O–H groups in total. The van der Waals surface area contributed by atoms with Crippen LogP contribution in [0.5, 0.6) is 5.75 Å². The smallest absolute Gasteiger partial charge is 0.257 e. The van der Waals surface area contributed by atoms with E-state index in [9.17, 15) is 4.79 Å². The van der Waals surface area contributed by atoms with Crippen molar-refractivity contribution in [2.75, 3.05) is 11.9 Å². The molecule has 0 radical (unpaired) electrons. The van der Waals surface area contributed by atoms with Crippen LogP contribution in [0.15, 0.2) is 36.4 Å². The van der Waals surface area contributed by atoms with Crippen LogP contribution in [0.4, 0.5) is 5.69 Å². The molecular weight excluding hydrogens is 297 g/mol. The normalized spacial score (nSPS) is 12.7. The number of fused-ring (bicyclic) bond motifs is 1. The Hall–Kier alpha value is -1.71. The molecule has 0 bridgehead atoms. The second-order valence-corrected chi connectivity index (χ2v) is 5.26. The molecule has 1 amide bonds. The fraction of sp³-hybridized carbons (Fsp3) is 0.133. The first-order valence-electron chi connectivity index (χ1n) is 6.16. The molecule has 3 rings (SSSR count). The fourth-order valence-electron chi connectivity index (χ4n) is 2.14. The minimum Gasteiger partial charge on any atom is -0.493 e. The van der Waals surface area contributed by atoms with Crippen molar-refractivity contribution < 1.29 is 9.53 Å². The van der Waals surface area contributed by atoms with Gasteiger partial charge in [0.05, 0.1) is 22.2 Å². The van der Waals surface area contributed by atoms with Gasteiger partial charge in [0.25, 0.3) is 5.91 Å². The molecule has 0 saturated carbocycles. The number of amides is 1. The molecule has 0 aromatic heterocycles.